The maximum absolute atomic E-state index is 11.5. The van der Waals surface area contributed by atoms with Crippen molar-refractivity contribution in [3.63, 3.8) is 0 Å². The van der Waals surface area contributed by atoms with Gasteiger partial charge in [0, 0.05) is 19.0 Å². The summed E-state index contributed by atoms with van der Waals surface area (Å²) in [7, 11) is -2.54. The van der Waals surface area contributed by atoms with Crippen LogP contribution in [0, 0.1) is 0 Å². The minimum absolute atomic E-state index is 0.107. The molecule has 1 amide bonds. The largest absolute Gasteiger partial charge is 0.449 e. The van der Waals surface area contributed by atoms with E-state index >= 15 is 0 Å². The van der Waals surface area contributed by atoms with Crippen LogP contribution in [-0.4, -0.2) is 44.4 Å². The second-order valence-electron chi connectivity index (χ2n) is 2.85. The van der Waals surface area contributed by atoms with Gasteiger partial charge >= 0.3 is 16.3 Å². The molecule has 1 atom stereocenters. The third kappa shape index (κ3) is 4.67. The number of amides is 1. The van der Waals surface area contributed by atoms with Crippen LogP contribution < -0.4 is 4.72 Å². The van der Waals surface area contributed by atoms with Crippen molar-refractivity contribution in [3.8, 4) is 0 Å². The van der Waals surface area contributed by atoms with Crippen molar-refractivity contribution in [2.24, 2.45) is 0 Å². The Morgan fingerprint density at radius 2 is 2.13 bits per heavy atom. The van der Waals surface area contributed by atoms with E-state index < -0.39 is 22.3 Å². The summed E-state index contributed by atoms with van der Waals surface area (Å²) in [6.07, 6.45) is -0.994. The van der Waals surface area contributed by atoms with Crippen LogP contribution in [0.15, 0.2) is 0 Å². The van der Waals surface area contributed by atoms with Crippen molar-refractivity contribution in [1.82, 2.24) is 9.03 Å². The van der Waals surface area contributed by atoms with Gasteiger partial charge in [-0.15, -0.1) is 11.6 Å². The van der Waals surface area contributed by atoms with Crippen molar-refractivity contribution < 1.29 is 17.9 Å². The summed E-state index contributed by atoms with van der Waals surface area (Å²) in [6.45, 7) is 3.31. The Balaban J connectivity index is 4.48. The van der Waals surface area contributed by atoms with E-state index in [2.05, 4.69) is 4.74 Å². The maximum Gasteiger partial charge on any atom is 0.421 e. The zero-order valence-electron chi connectivity index (χ0n) is 8.86. The van der Waals surface area contributed by atoms with Gasteiger partial charge in [-0.3, -0.25) is 0 Å². The van der Waals surface area contributed by atoms with Gasteiger partial charge in [0.05, 0.1) is 6.61 Å². The van der Waals surface area contributed by atoms with Gasteiger partial charge in [-0.1, -0.05) is 0 Å². The first-order valence-electron chi connectivity index (χ1n) is 4.33. The molecule has 0 heterocycles. The van der Waals surface area contributed by atoms with Crippen LogP contribution >= 0.6 is 11.6 Å². The lowest BCUT2D eigenvalue weighted by Gasteiger charge is -2.21. The molecule has 0 aliphatic carbocycles. The molecule has 8 heteroatoms. The van der Waals surface area contributed by atoms with E-state index in [-0.39, 0.29) is 12.5 Å². The Hall–Kier alpha value is -0.530. The normalized spacial score (nSPS) is 13.7. The molecule has 90 valence electrons. The highest BCUT2D eigenvalue weighted by molar-refractivity contribution is 7.87. The third-order valence-corrected chi connectivity index (χ3v) is 3.70. The Morgan fingerprint density at radius 3 is 2.53 bits per heavy atom. The molecule has 0 saturated heterocycles. The summed E-state index contributed by atoms with van der Waals surface area (Å²) in [6, 6.07) is -0.404. The number of carbonyl (C=O) groups excluding carboxylic acids is 1. The van der Waals surface area contributed by atoms with Crippen LogP contribution in [0.5, 0.6) is 0 Å². The average Bonchev–Trinajstić information content (AvgIpc) is 2.15. The number of nitrogens with one attached hydrogen (secondary N) is 1. The number of carbonyl (C=O) groups is 1. The van der Waals surface area contributed by atoms with Crippen LogP contribution in [0.1, 0.15) is 13.8 Å². The lowest BCUT2D eigenvalue weighted by atomic mass is 10.4. The quantitative estimate of drug-likeness (QED) is 0.730. The third-order valence-electron chi connectivity index (χ3n) is 1.71. The highest BCUT2D eigenvalue weighted by Crippen LogP contribution is 2.03. The molecule has 0 aliphatic heterocycles. The van der Waals surface area contributed by atoms with Crippen LogP contribution in [0.2, 0.25) is 0 Å². The predicted molar refractivity (Wildman–Crippen MR) is 57.0 cm³/mol. The maximum atomic E-state index is 11.5. The first-order valence-corrected chi connectivity index (χ1v) is 6.31. The number of nitrogens with zero attached hydrogens (tertiary/aromatic N) is 1. The molecule has 1 N–H and O–H groups in total. The van der Waals surface area contributed by atoms with Gasteiger partial charge in [0.1, 0.15) is 0 Å². The highest BCUT2D eigenvalue weighted by Gasteiger charge is 2.24. The highest BCUT2D eigenvalue weighted by atomic mass is 35.5. The number of alkyl halides is 1. The van der Waals surface area contributed by atoms with Crippen molar-refractivity contribution in [1.29, 1.82) is 0 Å². The summed E-state index contributed by atoms with van der Waals surface area (Å²) < 4.78 is 30.1. The second kappa shape index (κ2) is 6.14. The van der Waals surface area contributed by atoms with Crippen LogP contribution in [0.4, 0.5) is 4.79 Å². The molecule has 6 nitrogen and oxygen atoms in total. The monoisotopic (exact) mass is 258 g/mol. The number of ether oxygens (including phenoxy) is 1. The molecule has 0 aromatic heterocycles. The van der Waals surface area contributed by atoms with Crippen molar-refractivity contribution in [2.45, 2.75) is 19.9 Å². The Bertz CT molecular complexity index is 306. The van der Waals surface area contributed by atoms with E-state index in [1.807, 2.05) is 0 Å². The van der Waals surface area contributed by atoms with Gasteiger partial charge in [-0.2, -0.15) is 12.7 Å². The van der Waals surface area contributed by atoms with Crippen molar-refractivity contribution in [3.05, 3.63) is 0 Å². The standard InChI is InChI=1S/C7H15ClN2O4S/c1-4-14-7(11)9-15(12,13)10(3)6(2)5-8/h6H,4-5H2,1-3H3,(H,9,11). The second-order valence-corrected chi connectivity index (χ2v) is 4.89. The minimum atomic E-state index is -3.87. The summed E-state index contributed by atoms with van der Waals surface area (Å²) in [5.41, 5.74) is 0. The van der Waals surface area contributed by atoms with E-state index in [1.54, 1.807) is 18.6 Å². The van der Waals surface area contributed by atoms with E-state index in [9.17, 15) is 13.2 Å². The SMILES string of the molecule is CCOC(=O)NS(=O)(=O)N(C)C(C)CCl. The minimum Gasteiger partial charge on any atom is -0.449 e. The predicted octanol–water partition coefficient (Wildman–Crippen LogP) is 0.536. The van der Waals surface area contributed by atoms with Crippen LogP contribution in [0.3, 0.4) is 0 Å². The lowest BCUT2D eigenvalue weighted by molar-refractivity contribution is 0.158. The fourth-order valence-corrected chi connectivity index (χ4v) is 1.92. The Kier molecular flexibility index (Phi) is 5.92. The topological polar surface area (TPSA) is 75.7 Å². The summed E-state index contributed by atoms with van der Waals surface area (Å²) in [5, 5.41) is 0. The summed E-state index contributed by atoms with van der Waals surface area (Å²) >= 11 is 5.50. The van der Waals surface area contributed by atoms with Gasteiger partial charge in [0.15, 0.2) is 0 Å². The van der Waals surface area contributed by atoms with Crippen LogP contribution in [0.25, 0.3) is 0 Å². The molecule has 0 aliphatic rings. The number of hydrogen-bond donors (Lipinski definition) is 1. The molecular formula is C7H15ClN2O4S. The average molecular weight is 259 g/mol. The van der Waals surface area contributed by atoms with Crippen molar-refractivity contribution in [2.75, 3.05) is 19.5 Å². The summed E-state index contributed by atoms with van der Waals surface area (Å²) in [5.74, 6) is 0.139. The molecular weight excluding hydrogens is 244 g/mol. The summed E-state index contributed by atoms with van der Waals surface area (Å²) in [4.78, 5) is 10.9. The molecule has 0 aromatic carbocycles. The molecule has 15 heavy (non-hydrogen) atoms. The first-order chi connectivity index (χ1) is 6.85. The Morgan fingerprint density at radius 1 is 1.60 bits per heavy atom. The van der Waals surface area contributed by atoms with E-state index in [4.69, 9.17) is 11.6 Å². The Labute approximate surface area is 94.7 Å². The van der Waals surface area contributed by atoms with Gasteiger partial charge in [-0.25, -0.2) is 9.52 Å². The van der Waals surface area contributed by atoms with Crippen LogP contribution in [-0.2, 0) is 14.9 Å². The zero-order chi connectivity index (χ0) is 12.1. The van der Waals surface area contributed by atoms with E-state index in [0.29, 0.717) is 0 Å². The smallest absolute Gasteiger partial charge is 0.421 e. The van der Waals surface area contributed by atoms with E-state index in [1.165, 1.54) is 7.05 Å². The lowest BCUT2D eigenvalue weighted by Crippen LogP contribution is -2.46. The van der Waals surface area contributed by atoms with Gasteiger partial charge in [-0.05, 0) is 13.8 Å². The number of hydrogen-bond acceptors (Lipinski definition) is 4. The molecule has 0 fully saturated rings. The number of halogens is 1. The molecule has 1 unspecified atom stereocenters. The zero-order valence-corrected chi connectivity index (χ0v) is 10.4. The van der Waals surface area contributed by atoms with Gasteiger partial charge < -0.3 is 4.74 Å². The van der Waals surface area contributed by atoms with Gasteiger partial charge in [0.2, 0.25) is 0 Å². The first kappa shape index (κ1) is 14.5. The molecule has 0 bridgehead atoms. The molecule has 0 rings (SSSR count). The van der Waals surface area contributed by atoms with Crippen molar-refractivity contribution >= 4 is 27.9 Å². The molecule has 0 radical (unpaired) electrons. The van der Waals surface area contributed by atoms with Gasteiger partial charge in [0.25, 0.3) is 0 Å². The number of rotatable bonds is 5. The molecule has 0 aromatic rings. The molecule has 0 spiro atoms. The fraction of sp³-hybridized carbons (Fsp3) is 0.857. The van der Waals surface area contributed by atoms with E-state index in [0.717, 1.165) is 4.31 Å². The fourth-order valence-electron chi connectivity index (χ4n) is 0.672. The molecule has 0 saturated carbocycles.